The van der Waals surface area contributed by atoms with Crippen molar-refractivity contribution in [3.05, 3.63) is 83.9 Å². The van der Waals surface area contributed by atoms with Gasteiger partial charge in [-0.3, -0.25) is 9.59 Å². The molecule has 3 aromatic rings. The summed E-state index contributed by atoms with van der Waals surface area (Å²) in [6, 6.07) is 21.6. The molecule has 2 N–H and O–H groups in total. The first-order chi connectivity index (χ1) is 15.7. The molecule has 1 atom stereocenters. The van der Waals surface area contributed by atoms with E-state index < -0.39 is 6.10 Å². The van der Waals surface area contributed by atoms with Crippen LogP contribution in [-0.4, -0.2) is 25.0 Å². The van der Waals surface area contributed by atoms with Crippen molar-refractivity contribution in [2.45, 2.75) is 39.2 Å². The summed E-state index contributed by atoms with van der Waals surface area (Å²) in [5.74, 6) is 0.666. The predicted octanol–water partition coefficient (Wildman–Crippen LogP) is 5.65. The van der Waals surface area contributed by atoms with E-state index in [0.29, 0.717) is 28.4 Å². The Kier molecular flexibility index (Phi) is 7.38. The van der Waals surface area contributed by atoms with Crippen molar-refractivity contribution in [1.29, 1.82) is 0 Å². The molecule has 0 saturated heterocycles. The van der Waals surface area contributed by atoms with E-state index in [4.69, 9.17) is 9.47 Å². The highest BCUT2D eigenvalue weighted by Crippen LogP contribution is 2.23. The summed E-state index contributed by atoms with van der Waals surface area (Å²) < 4.78 is 10.9. The summed E-state index contributed by atoms with van der Waals surface area (Å²) in [7, 11) is 1.57. The van der Waals surface area contributed by atoms with Crippen LogP contribution in [0.3, 0.4) is 0 Å². The second-order valence-corrected chi connectivity index (χ2v) is 8.79. The third-order valence-corrected chi connectivity index (χ3v) is 5.12. The van der Waals surface area contributed by atoms with Gasteiger partial charge in [0.15, 0.2) is 6.10 Å². The molecule has 172 valence electrons. The van der Waals surface area contributed by atoms with Crippen molar-refractivity contribution in [2.24, 2.45) is 0 Å². The fraction of sp³-hybridized carbons (Fsp3) is 0.259. The fourth-order valence-corrected chi connectivity index (χ4v) is 3.18. The molecule has 0 saturated carbocycles. The maximum absolute atomic E-state index is 12.6. The molecule has 3 rings (SSSR count). The molecule has 2 amide bonds. The zero-order chi connectivity index (χ0) is 24.0. The zero-order valence-corrected chi connectivity index (χ0v) is 19.6. The highest BCUT2D eigenvalue weighted by molar-refractivity contribution is 6.04. The Labute approximate surface area is 194 Å². The van der Waals surface area contributed by atoms with Crippen LogP contribution in [0, 0.1) is 0 Å². The van der Waals surface area contributed by atoms with E-state index in [1.54, 1.807) is 62.6 Å². The summed E-state index contributed by atoms with van der Waals surface area (Å²) in [5, 5.41) is 5.70. The maximum atomic E-state index is 12.6. The lowest BCUT2D eigenvalue weighted by atomic mass is 9.87. The second kappa shape index (κ2) is 10.2. The van der Waals surface area contributed by atoms with Crippen LogP contribution in [0.2, 0.25) is 0 Å². The number of carbonyl (C=O) groups excluding carboxylic acids is 2. The lowest BCUT2D eigenvalue weighted by Gasteiger charge is -2.19. The Balaban J connectivity index is 1.61. The average molecular weight is 447 g/mol. The number of carbonyl (C=O) groups is 2. The third kappa shape index (κ3) is 6.59. The SMILES string of the molecule is COc1cccc(O[C@H](C)C(=O)Nc2cccc(NC(=O)c3ccc(C(C)(C)C)cc3)c2)c1. The summed E-state index contributed by atoms with van der Waals surface area (Å²) in [4.78, 5) is 25.2. The van der Waals surface area contributed by atoms with Gasteiger partial charge in [-0.05, 0) is 60.4 Å². The number of amides is 2. The van der Waals surface area contributed by atoms with Crippen molar-refractivity contribution in [3.8, 4) is 11.5 Å². The van der Waals surface area contributed by atoms with Gasteiger partial charge >= 0.3 is 0 Å². The van der Waals surface area contributed by atoms with E-state index >= 15 is 0 Å². The molecule has 3 aromatic carbocycles. The van der Waals surface area contributed by atoms with Crippen LogP contribution < -0.4 is 20.1 Å². The van der Waals surface area contributed by atoms with Gasteiger partial charge < -0.3 is 20.1 Å². The number of hydrogen-bond acceptors (Lipinski definition) is 4. The molecule has 0 heterocycles. The molecule has 0 spiro atoms. The molecule has 0 aromatic heterocycles. The Morgan fingerprint density at radius 3 is 2.06 bits per heavy atom. The van der Waals surface area contributed by atoms with Gasteiger partial charge in [0.1, 0.15) is 11.5 Å². The highest BCUT2D eigenvalue weighted by atomic mass is 16.5. The summed E-state index contributed by atoms with van der Waals surface area (Å²) in [6.45, 7) is 8.06. The van der Waals surface area contributed by atoms with Crippen molar-refractivity contribution >= 4 is 23.2 Å². The molecule has 0 radical (unpaired) electrons. The second-order valence-electron chi connectivity index (χ2n) is 8.79. The molecule has 0 aliphatic carbocycles. The van der Waals surface area contributed by atoms with Crippen molar-refractivity contribution in [2.75, 3.05) is 17.7 Å². The van der Waals surface area contributed by atoms with Crippen LogP contribution >= 0.6 is 0 Å². The van der Waals surface area contributed by atoms with Gasteiger partial charge in [0, 0.05) is 23.0 Å². The Bertz CT molecular complexity index is 1120. The van der Waals surface area contributed by atoms with Gasteiger partial charge in [0.2, 0.25) is 0 Å². The number of hydrogen-bond donors (Lipinski definition) is 2. The Morgan fingerprint density at radius 2 is 1.42 bits per heavy atom. The van der Waals surface area contributed by atoms with Crippen molar-refractivity contribution < 1.29 is 19.1 Å². The van der Waals surface area contributed by atoms with Crippen LogP contribution in [0.15, 0.2) is 72.8 Å². The average Bonchev–Trinajstić information content (AvgIpc) is 2.79. The minimum atomic E-state index is -0.725. The van der Waals surface area contributed by atoms with Crippen LogP contribution in [0.5, 0.6) is 11.5 Å². The van der Waals surface area contributed by atoms with E-state index in [1.165, 1.54) is 0 Å². The van der Waals surface area contributed by atoms with Crippen LogP contribution in [0.4, 0.5) is 11.4 Å². The summed E-state index contributed by atoms with van der Waals surface area (Å²) in [6.07, 6.45) is -0.725. The quantitative estimate of drug-likeness (QED) is 0.492. The Morgan fingerprint density at radius 1 is 0.818 bits per heavy atom. The van der Waals surface area contributed by atoms with Gasteiger partial charge in [-0.25, -0.2) is 0 Å². The first kappa shape index (κ1) is 23.9. The van der Waals surface area contributed by atoms with E-state index in [-0.39, 0.29) is 17.2 Å². The monoisotopic (exact) mass is 446 g/mol. The minimum absolute atomic E-state index is 0.0228. The fourth-order valence-electron chi connectivity index (χ4n) is 3.18. The first-order valence-corrected chi connectivity index (χ1v) is 10.8. The highest BCUT2D eigenvalue weighted by Gasteiger charge is 2.17. The topological polar surface area (TPSA) is 76.7 Å². The number of nitrogens with one attached hydrogen (secondary N) is 2. The lowest BCUT2D eigenvalue weighted by molar-refractivity contribution is -0.122. The van der Waals surface area contributed by atoms with Gasteiger partial charge in [0.25, 0.3) is 11.8 Å². The van der Waals surface area contributed by atoms with Crippen LogP contribution in [-0.2, 0) is 10.2 Å². The lowest BCUT2D eigenvalue weighted by Crippen LogP contribution is -2.30. The van der Waals surface area contributed by atoms with Crippen LogP contribution in [0.25, 0.3) is 0 Å². The molecular weight excluding hydrogens is 416 g/mol. The normalized spacial score (nSPS) is 11.9. The largest absolute Gasteiger partial charge is 0.497 e. The maximum Gasteiger partial charge on any atom is 0.265 e. The van der Waals surface area contributed by atoms with Crippen molar-refractivity contribution in [1.82, 2.24) is 0 Å². The predicted molar refractivity (Wildman–Crippen MR) is 131 cm³/mol. The molecule has 6 heteroatoms. The van der Waals surface area contributed by atoms with E-state index in [1.807, 2.05) is 24.3 Å². The molecule has 0 unspecified atom stereocenters. The molecule has 0 aliphatic rings. The van der Waals surface area contributed by atoms with E-state index in [9.17, 15) is 9.59 Å². The smallest absolute Gasteiger partial charge is 0.265 e. The number of methoxy groups -OCH3 is 1. The van der Waals surface area contributed by atoms with Gasteiger partial charge in [0.05, 0.1) is 7.11 Å². The molecule has 6 nitrogen and oxygen atoms in total. The van der Waals surface area contributed by atoms with Gasteiger partial charge in [-0.1, -0.05) is 45.0 Å². The number of rotatable bonds is 7. The van der Waals surface area contributed by atoms with Gasteiger partial charge in [-0.2, -0.15) is 0 Å². The van der Waals surface area contributed by atoms with Gasteiger partial charge in [-0.15, -0.1) is 0 Å². The zero-order valence-electron chi connectivity index (χ0n) is 19.6. The van der Waals surface area contributed by atoms with Crippen LogP contribution in [0.1, 0.15) is 43.6 Å². The molecule has 0 fully saturated rings. The van der Waals surface area contributed by atoms with E-state index in [0.717, 1.165) is 5.56 Å². The molecule has 0 bridgehead atoms. The third-order valence-electron chi connectivity index (χ3n) is 5.12. The standard InChI is InChI=1S/C27H30N2O4/c1-18(33-24-11-7-10-23(17-24)32-5)25(30)28-21-8-6-9-22(16-21)29-26(31)19-12-14-20(15-13-19)27(2,3)4/h6-18H,1-5H3,(H,28,30)(H,29,31)/t18-/m1/s1. The first-order valence-electron chi connectivity index (χ1n) is 10.8. The molecule has 33 heavy (non-hydrogen) atoms. The Hall–Kier alpha value is -3.80. The minimum Gasteiger partial charge on any atom is -0.497 e. The van der Waals surface area contributed by atoms with E-state index in [2.05, 4.69) is 31.4 Å². The summed E-state index contributed by atoms with van der Waals surface area (Å²) in [5.41, 5.74) is 2.89. The molecule has 0 aliphatic heterocycles. The number of anilines is 2. The number of benzene rings is 3. The summed E-state index contributed by atoms with van der Waals surface area (Å²) >= 11 is 0. The van der Waals surface area contributed by atoms with Crippen molar-refractivity contribution in [3.63, 3.8) is 0 Å². The molecular formula is C27H30N2O4. The number of ether oxygens (including phenoxy) is 2.